The molecule has 15 heavy (non-hydrogen) atoms. The first-order chi connectivity index (χ1) is 6.80. The van der Waals surface area contributed by atoms with E-state index in [9.17, 15) is 0 Å². The summed E-state index contributed by atoms with van der Waals surface area (Å²) in [5.41, 5.74) is -0.188. The number of ether oxygens (including phenoxy) is 1. The van der Waals surface area contributed by atoms with Crippen molar-refractivity contribution >= 4 is 5.96 Å². The quantitative estimate of drug-likeness (QED) is 0.522. The predicted molar refractivity (Wildman–Crippen MR) is 65.4 cm³/mol. The number of rotatable bonds is 4. The van der Waals surface area contributed by atoms with Crippen molar-refractivity contribution in [3.63, 3.8) is 0 Å². The SMILES string of the molecule is CCOC(C)(C)CN=C(N(C)C)N(C)C. The molecule has 0 rings (SSSR count). The van der Waals surface area contributed by atoms with Crippen molar-refractivity contribution in [1.29, 1.82) is 0 Å². The molecule has 0 aromatic carbocycles. The Morgan fingerprint density at radius 2 is 1.60 bits per heavy atom. The maximum Gasteiger partial charge on any atom is 0.195 e. The van der Waals surface area contributed by atoms with Crippen LogP contribution in [-0.2, 0) is 4.74 Å². The van der Waals surface area contributed by atoms with Gasteiger partial charge in [-0.15, -0.1) is 0 Å². The van der Waals surface area contributed by atoms with Crippen LogP contribution in [0.25, 0.3) is 0 Å². The Balaban J connectivity index is 4.45. The molecule has 0 amide bonds. The summed E-state index contributed by atoms with van der Waals surface area (Å²) in [6.07, 6.45) is 0. The van der Waals surface area contributed by atoms with Crippen LogP contribution in [0.5, 0.6) is 0 Å². The van der Waals surface area contributed by atoms with Gasteiger partial charge in [-0.25, -0.2) is 4.99 Å². The zero-order valence-electron chi connectivity index (χ0n) is 11.2. The minimum atomic E-state index is -0.188. The Hall–Kier alpha value is -0.770. The number of guanidine groups is 1. The van der Waals surface area contributed by atoms with Gasteiger partial charge in [0.05, 0.1) is 12.1 Å². The minimum Gasteiger partial charge on any atom is -0.374 e. The summed E-state index contributed by atoms with van der Waals surface area (Å²) in [5.74, 6) is 0.961. The third kappa shape index (κ3) is 5.62. The summed E-state index contributed by atoms with van der Waals surface area (Å²) in [6.45, 7) is 7.52. The molecule has 0 unspecified atom stereocenters. The number of hydrogen-bond acceptors (Lipinski definition) is 2. The van der Waals surface area contributed by atoms with Crippen molar-refractivity contribution in [1.82, 2.24) is 9.80 Å². The Morgan fingerprint density at radius 3 is 1.93 bits per heavy atom. The van der Waals surface area contributed by atoms with Gasteiger partial charge in [-0.05, 0) is 20.8 Å². The first-order valence-electron chi connectivity index (χ1n) is 5.33. The highest BCUT2D eigenvalue weighted by molar-refractivity contribution is 5.79. The lowest BCUT2D eigenvalue weighted by atomic mass is 10.1. The third-order valence-corrected chi connectivity index (χ3v) is 1.94. The lowest BCUT2D eigenvalue weighted by Crippen LogP contribution is -2.37. The van der Waals surface area contributed by atoms with Gasteiger partial charge in [-0.2, -0.15) is 0 Å². The average Bonchev–Trinajstić information content (AvgIpc) is 2.01. The van der Waals surface area contributed by atoms with Crippen LogP contribution in [0.4, 0.5) is 0 Å². The molecular weight excluding hydrogens is 190 g/mol. The van der Waals surface area contributed by atoms with Crippen LogP contribution in [0.3, 0.4) is 0 Å². The Bertz CT molecular complexity index is 200. The van der Waals surface area contributed by atoms with Crippen LogP contribution in [0.15, 0.2) is 4.99 Å². The van der Waals surface area contributed by atoms with Crippen molar-refractivity contribution in [2.24, 2.45) is 4.99 Å². The largest absolute Gasteiger partial charge is 0.374 e. The van der Waals surface area contributed by atoms with Crippen LogP contribution in [0, 0.1) is 0 Å². The molecule has 0 radical (unpaired) electrons. The first kappa shape index (κ1) is 14.2. The van der Waals surface area contributed by atoms with E-state index in [1.54, 1.807) is 0 Å². The average molecular weight is 215 g/mol. The van der Waals surface area contributed by atoms with Gasteiger partial charge in [0.25, 0.3) is 0 Å². The molecule has 0 atom stereocenters. The second-order valence-electron chi connectivity index (χ2n) is 4.60. The highest BCUT2D eigenvalue weighted by atomic mass is 16.5. The summed E-state index contributed by atoms with van der Waals surface area (Å²) in [5, 5.41) is 0. The van der Waals surface area contributed by atoms with E-state index in [0.717, 1.165) is 12.6 Å². The van der Waals surface area contributed by atoms with E-state index in [1.165, 1.54) is 0 Å². The van der Waals surface area contributed by atoms with Crippen LogP contribution in [0.2, 0.25) is 0 Å². The number of aliphatic imine (C=N–C) groups is 1. The Kier molecular flexibility index (Phi) is 5.65. The molecule has 0 bridgehead atoms. The highest BCUT2D eigenvalue weighted by Crippen LogP contribution is 2.09. The Labute approximate surface area is 93.9 Å². The molecular formula is C11H25N3O. The zero-order chi connectivity index (χ0) is 12.1. The maximum atomic E-state index is 5.60. The molecule has 0 aliphatic heterocycles. The molecule has 0 aromatic rings. The van der Waals surface area contributed by atoms with Gasteiger partial charge in [-0.1, -0.05) is 0 Å². The van der Waals surface area contributed by atoms with Crippen molar-refractivity contribution < 1.29 is 4.74 Å². The Morgan fingerprint density at radius 1 is 1.13 bits per heavy atom. The molecule has 0 aliphatic rings. The van der Waals surface area contributed by atoms with Crippen molar-refractivity contribution in [3.05, 3.63) is 0 Å². The molecule has 90 valence electrons. The van der Waals surface area contributed by atoms with Crippen LogP contribution < -0.4 is 0 Å². The molecule has 0 N–H and O–H groups in total. The molecule has 0 aliphatic carbocycles. The topological polar surface area (TPSA) is 28.1 Å². The van der Waals surface area contributed by atoms with Crippen LogP contribution >= 0.6 is 0 Å². The second-order valence-corrected chi connectivity index (χ2v) is 4.60. The maximum absolute atomic E-state index is 5.60. The molecule has 0 saturated heterocycles. The van der Waals surface area contributed by atoms with E-state index in [4.69, 9.17) is 4.74 Å². The molecule has 4 nitrogen and oxygen atoms in total. The predicted octanol–water partition coefficient (Wildman–Crippen LogP) is 1.28. The zero-order valence-corrected chi connectivity index (χ0v) is 11.2. The van der Waals surface area contributed by atoms with E-state index in [2.05, 4.69) is 18.8 Å². The molecule has 0 aromatic heterocycles. The normalized spacial score (nSPS) is 11.1. The van der Waals surface area contributed by atoms with E-state index >= 15 is 0 Å². The van der Waals surface area contributed by atoms with Gasteiger partial charge in [-0.3, -0.25) is 0 Å². The fourth-order valence-electron chi connectivity index (χ4n) is 1.38. The fraction of sp³-hybridized carbons (Fsp3) is 0.909. The summed E-state index contributed by atoms with van der Waals surface area (Å²) in [6, 6.07) is 0. The van der Waals surface area contributed by atoms with E-state index in [1.807, 2.05) is 44.9 Å². The lowest BCUT2D eigenvalue weighted by Gasteiger charge is -2.26. The summed E-state index contributed by atoms with van der Waals surface area (Å²) in [4.78, 5) is 8.56. The van der Waals surface area contributed by atoms with Gasteiger partial charge >= 0.3 is 0 Å². The van der Waals surface area contributed by atoms with E-state index in [0.29, 0.717) is 6.54 Å². The molecule has 0 heterocycles. The van der Waals surface area contributed by atoms with Crippen molar-refractivity contribution in [3.8, 4) is 0 Å². The monoisotopic (exact) mass is 215 g/mol. The van der Waals surface area contributed by atoms with E-state index in [-0.39, 0.29) is 5.60 Å². The lowest BCUT2D eigenvalue weighted by molar-refractivity contribution is -0.00239. The van der Waals surface area contributed by atoms with Gasteiger partial charge < -0.3 is 14.5 Å². The second kappa shape index (κ2) is 5.95. The molecule has 0 fully saturated rings. The van der Waals surface area contributed by atoms with Gasteiger partial charge in [0.2, 0.25) is 0 Å². The molecule has 4 heteroatoms. The highest BCUT2D eigenvalue weighted by Gasteiger charge is 2.17. The summed E-state index contributed by atoms with van der Waals surface area (Å²) in [7, 11) is 7.97. The van der Waals surface area contributed by atoms with E-state index < -0.39 is 0 Å². The summed E-state index contributed by atoms with van der Waals surface area (Å²) < 4.78 is 5.60. The molecule has 0 saturated carbocycles. The van der Waals surface area contributed by atoms with Gasteiger partial charge in [0.15, 0.2) is 5.96 Å². The standard InChI is InChI=1S/C11H25N3O/c1-8-15-11(2,3)9-12-10(13(4)5)14(6)7/h8-9H2,1-7H3. The minimum absolute atomic E-state index is 0.188. The summed E-state index contributed by atoms with van der Waals surface area (Å²) >= 11 is 0. The molecule has 0 spiro atoms. The fourth-order valence-corrected chi connectivity index (χ4v) is 1.38. The van der Waals surface area contributed by atoms with Crippen molar-refractivity contribution in [2.75, 3.05) is 41.3 Å². The van der Waals surface area contributed by atoms with Crippen LogP contribution in [-0.4, -0.2) is 62.7 Å². The smallest absolute Gasteiger partial charge is 0.195 e. The third-order valence-electron chi connectivity index (χ3n) is 1.94. The van der Waals surface area contributed by atoms with Crippen LogP contribution in [0.1, 0.15) is 20.8 Å². The van der Waals surface area contributed by atoms with Gasteiger partial charge in [0.1, 0.15) is 0 Å². The van der Waals surface area contributed by atoms with Gasteiger partial charge in [0, 0.05) is 34.8 Å². The number of hydrogen-bond donors (Lipinski definition) is 0. The van der Waals surface area contributed by atoms with Crippen molar-refractivity contribution in [2.45, 2.75) is 26.4 Å². The number of nitrogens with zero attached hydrogens (tertiary/aromatic N) is 3. The first-order valence-corrected chi connectivity index (χ1v) is 5.33.